The Kier molecular flexibility index (Phi) is 9.11. The summed E-state index contributed by atoms with van der Waals surface area (Å²) in [7, 11) is -2.77. The largest absolute Gasteiger partial charge is 0.416 e. The third-order valence-corrected chi connectivity index (χ3v) is 10.7. The number of hydrogen-bond donors (Lipinski definition) is 1. The maximum absolute atomic E-state index is 13.7. The minimum Gasteiger partial charge on any atom is -0.242 e. The molecule has 2 atom stereocenters. The summed E-state index contributed by atoms with van der Waals surface area (Å²) >= 11 is 0. The van der Waals surface area contributed by atoms with Crippen LogP contribution < -0.4 is 10.0 Å². The summed E-state index contributed by atoms with van der Waals surface area (Å²) in [6, 6.07) is 7.48. The average Bonchev–Trinajstić information content (AvgIpc) is 2.68. The van der Waals surface area contributed by atoms with E-state index < -0.39 is 53.2 Å². The average molecular weight is 568 g/mol. The van der Waals surface area contributed by atoms with Crippen molar-refractivity contribution in [2.75, 3.05) is 0 Å². The van der Waals surface area contributed by atoms with Crippen LogP contribution in [0.1, 0.15) is 90.6 Å². The van der Waals surface area contributed by atoms with Crippen molar-refractivity contribution in [1.82, 2.24) is 4.72 Å². The van der Waals surface area contributed by atoms with E-state index in [1.165, 1.54) is 0 Å². The molecule has 2 aromatic carbocycles. The molecule has 0 aliphatic carbocycles. The fourth-order valence-corrected chi connectivity index (χ4v) is 9.39. The molecule has 0 bridgehead atoms. The van der Waals surface area contributed by atoms with Crippen molar-refractivity contribution in [3.05, 3.63) is 64.7 Å². The fraction of sp³-hybridized carbons (Fsp3) is 0.556. The topological polar surface area (TPSA) is 29.1 Å². The van der Waals surface area contributed by atoms with E-state index in [1.54, 1.807) is 32.9 Å². The van der Waals surface area contributed by atoms with Crippen LogP contribution >= 0.6 is 7.92 Å². The van der Waals surface area contributed by atoms with E-state index in [-0.39, 0.29) is 21.9 Å². The van der Waals surface area contributed by atoms with Crippen molar-refractivity contribution in [1.29, 1.82) is 0 Å². The van der Waals surface area contributed by atoms with Gasteiger partial charge in [0.2, 0.25) is 0 Å². The quantitative estimate of drug-likeness (QED) is 0.285. The molecule has 2 aromatic rings. The minimum atomic E-state index is -4.99. The molecule has 0 aliphatic heterocycles. The van der Waals surface area contributed by atoms with E-state index in [1.807, 2.05) is 12.1 Å². The molecule has 0 spiro atoms. The van der Waals surface area contributed by atoms with Crippen LogP contribution in [0.25, 0.3) is 0 Å². The summed E-state index contributed by atoms with van der Waals surface area (Å²) in [5.41, 5.74) is -2.54. The van der Waals surface area contributed by atoms with Gasteiger partial charge in [0.25, 0.3) is 0 Å². The van der Waals surface area contributed by atoms with Crippen LogP contribution in [0.4, 0.5) is 26.3 Å². The van der Waals surface area contributed by atoms with Crippen LogP contribution in [-0.4, -0.2) is 19.3 Å². The lowest BCUT2D eigenvalue weighted by atomic mass is 9.95. The molecule has 0 aliphatic rings. The van der Waals surface area contributed by atoms with Gasteiger partial charge in [-0.25, -0.2) is 8.93 Å². The van der Waals surface area contributed by atoms with Gasteiger partial charge in [0.1, 0.15) is 0 Å². The second-order valence-electron chi connectivity index (χ2n) is 12.0. The molecule has 2 rings (SSSR count). The number of alkyl halides is 6. The molecule has 0 aromatic heterocycles. The van der Waals surface area contributed by atoms with Crippen LogP contribution in [0, 0.1) is 0 Å². The molecule has 37 heavy (non-hydrogen) atoms. The molecule has 0 amide bonds. The maximum Gasteiger partial charge on any atom is 0.416 e. The molecule has 0 fully saturated rings. The summed E-state index contributed by atoms with van der Waals surface area (Å²) in [6.07, 6.45) is -9.99. The smallest absolute Gasteiger partial charge is 0.242 e. The lowest BCUT2D eigenvalue weighted by molar-refractivity contribution is -0.143. The molecule has 1 N–H and O–H groups in total. The standard InChI is InChI=1S/C27H36F6NOPS/c1-23(2,3)36(24(4,5)6)21-13-11-10-12-20(21)22(34-37(35)25(7,8)9)17-14-18(26(28,29)30)16-19(15-17)27(31,32)33/h10-16,22,34H,1-9H3/t22-,37-/m1/s1. The van der Waals surface area contributed by atoms with Gasteiger partial charge in [-0.3, -0.25) is 0 Å². The molecular weight excluding hydrogens is 531 g/mol. The van der Waals surface area contributed by atoms with Gasteiger partial charge in [0.15, 0.2) is 0 Å². The highest BCUT2D eigenvalue weighted by Gasteiger charge is 2.41. The molecular formula is C27H36F6NOPS. The molecule has 10 heteroatoms. The Morgan fingerprint density at radius 2 is 1.16 bits per heavy atom. The Morgan fingerprint density at radius 1 is 0.730 bits per heavy atom. The minimum absolute atomic E-state index is 0.115. The van der Waals surface area contributed by atoms with Crippen molar-refractivity contribution >= 4 is 24.2 Å². The van der Waals surface area contributed by atoms with Gasteiger partial charge >= 0.3 is 12.4 Å². The van der Waals surface area contributed by atoms with Gasteiger partial charge in [-0.15, -0.1) is 0 Å². The zero-order valence-corrected chi connectivity index (χ0v) is 24.4. The summed E-state index contributed by atoms with van der Waals surface area (Å²) in [5.74, 6) is 0. The first-order chi connectivity index (χ1) is 16.4. The highest BCUT2D eigenvalue weighted by atomic mass is 32.2. The molecule has 0 saturated heterocycles. The van der Waals surface area contributed by atoms with Crippen molar-refractivity contribution in [2.24, 2.45) is 0 Å². The molecule has 0 radical (unpaired) electrons. The number of hydrogen-bond acceptors (Lipinski definition) is 1. The van der Waals surface area contributed by atoms with E-state index in [2.05, 4.69) is 46.3 Å². The Labute approximate surface area is 220 Å². The zero-order valence-electron chi connectivity index (χ0n) is 22.7. The lowest BCUT2D eigenvalue weighted by Gasteiger charge is -2.43. The molecule has 208 valence electrons. The summed E-state index contributed by atoms with van der Waals surface area (Å²) in [4.78, 5) is 0. The monoisotopic (exact) mass is 567 g/mol. The van der Waals surface area contributed by atoms with Crippen LogP contribution in [0.3, 0.4) is 0 Å². The molecule has 2 nitrogen and oxygen atoms in total. The third-order valence-electron chi connectivity index (χ3n) is 5.55. The van der Waals surface area contributed by atoms with Crippen molar-refractivity contribution < 1.29 is 30.6 Å². The Bertz CT molecular complexity index is 1080. The van der Waals surface area contributed by atoms with Gasteiger partial charge in [-0.2, -0.15) is 26.3 Å². The number of benzene rings is 2. The van der Waals surface area contributed by atoms with Gasteiger partial charge in [-0.1, -0.05) is 73.7 Å². The van der Waals surface area contributed by atoms with Crippen LogP contribution in [0.5, 0.6) is 0 Å². The predicted octanol–water partition coefficient (Wildman–Crippen LogP) is 8.57. The van der Waals surface area contributed by atoms with E-state index in [0.29, 0.717) is 5.56 Å². The van der Waals surface area contributed by atoms with Gasteiger partial charge in [0, 0.05) is 0 Å². The first kappa shape index (κ1) is 31.8. The Balaban J connectivity index is 2.96. The van der Waals surface area contributed by atoms with E-state index in [4.69, 9.17) is 0 Å². The molecule has 0 saturated carbocycles. The molecule has 0 unspecified atom stereocenters. The zero-order chi connectivity index (χ0) is 28.8. The van der Waals surface area contributed by atoms with Crippen molar-refractivity contribution in [3.63, 3.8) is 0 Å². The van der Waals surface area contributed by atoms with Crippen molar-refractivity contribution in [3.8, 4) is 0 Å². The summed E-state index contributed by atoms with van der Waals surface area (Å²) in [6.45, 7) is 17.5. The van der Waals surface area contributed by atoms with Crippen LogP contribution in [0.15, 0.2) is 42.5 Å². The Morgan fingerprint density at radius 3 is 1.54 bits per heavy atom. The van der Waals surface area contributed by atoms with E-state index in [0.717, 1.165) is 17.4 Å². The van der Waals surface area contributed by atoms with E-state index in [9.17, 15) is 30.6 Å². The third kappa shape index (κ3) is 8.03. The van der Waals surface area contributed by atoms with Crippen molar-refractivity contribution in [2.45, 2.75) is 95.8 Å². The first-order valence-electron chi connectivity index (χ1n) is 11.8. The predicted molar refractivity (Wildman–Crippen MR) is 142 cm³/mol. The normalized spacial score (nSPS) is 15.7. The maximum atomic E-state index is 13.7. The van der Waals surface area contributed by atoms with Gasteiger partial charge < -0.3 is 0 Å². The summed E-state index contributed by atoms with van der Waals surface area (Å²) in [5, 5.41) is 0.372. The number of rotatable bonds is 5. The van der Waals surface area contributed by atoms with Gasteiger partial charge in [0.05, 0.1) is 32.9 Å². The Hall–Kier alpha value is -1.44. The highest BCUT2D eigenvalue weighted by molar-refractivity contribution is 7.84. The molecule has 0 heterocycles. The highest BCUT2D eigenvalue weighted by Crippen LogP contribution is 2.59. The van der Waals surface area contributed by atoms with Gasteiger partial charge in [-0.05, 0) is 65.7 Å². The lowest BCUT2D eigenvalue weighted by Crippen LogP contribution is -2.39. The first-order valence-corrected chi connectivity index (χ1v) is 14.3. The van der Waals surface area contributed by atoms with E-state index >= 15 is 0 Å². The second kappa shape index (κ2) is 10.6. The number of halogens is 6. The van der Waals surface area contributed by atoms with Crippen LogP contribution in [-0.2, 0) is 23.3 Å². The second-order valence-corrected chi connectivity index (χ2v) is 17.8. The SMILES string of the molecule is CC(C)(C)P(c1ccccc1[C@H](N[S@](=O)C(C)(C)C)c1cc(C(F)(F)F)cc(C(F)(F)F)c1)C(C)(C)C. The fourth-order valence-electron chi connectivity index (χ4n) is 4.40. The van der Waals surface area contributed by atoms with Crippen LogP contribution in [0.2, 0.25) is 0 Å². The number of nitrogens with one attached hydrogen (secondary N) is 1. The summed E-state index contributed by atoms with van der Waals surface area (Å²) < 4.78 is 97.7.